The summed E-state index contributed by atoms with van der Waals surface area (Å²) in [6, 6.07) is 11.9. The molecule has 6 nitrogen and oxygen atoms in total. The Morgan fingerprint density at radius 2 is 1.90 bits per heavy atom. The van der Waals surface area contributed by atoms with Crippen molar-refractivity contribution in [2.45, 2.75) is 46.6 Å². The number of nitrogens with one attached hydrogen (secondary N) is 1. The Hall–Kier alpha value is -3.15. The van der Waals surface area contributed by atoms with Crippen LogP contribution in [-0.4, -0.2) is 30.8 Å². The zero-order valence-corrected chi connectivity index (χ0v) is 18.6. The molecule has 0 spiro atoms. The molecule has 6 heteroatoms. The average Bonchev–Trinajstić information content (AvgIpc) is 3.30. The van der Waals surface area contributed by atoms with E-state index in [-0.39, 0.29) is 36.1 Å². The molecule has 2 aliphatic heterocycles. The number of rotatable bonds is 4. The molecule has 2 atom stereocenters. The smallest absolute Gasteiger partial charge is 0.227 e. The van der Waals surface area contributed by atoms with Crippen molar-refractivity contribution in [3.63, 3.8) is 0 Å². The number of amides is 3. The van der Waals surface area contributed by atoms with Gasteiger partial charge in [-0.15, -0.1) is 0 Å². The molecule has 0 unspecified atom stereocenters. The largest absolute Gasteiger partial charge is 0.349 e. The number of anilines is 2. The van der Waals surface area contributed by atoms with Gasteiger partial charge in [0.25, 0.3) is 0 Å². The summed E-state index contributed by atoms with van der Waals surface area (Å²) in [5.74, 6) is -0.478. The van der Waals surface area contributed by atoms with E-state index in [1.807, 2.05) is 38.1 Å². The van der Waals surface area contributed by atoms with Crippen molar-refractivity contribution >= 4 is 29.1 Å². The lowest BCUT2D eigenvalue weighted by Gasteiger charge is -2.21. The van der Waals surface area contributed by atoms with Crippen LogP contribution in [0.25, 0.3) is 0 Å². The maximum Gasteiger partial charge on any atom is 0.227 e. The van der Waals surface area contributed by atoms with Gasteiger partial charge in [-0.05, 0) is 62.1 Å². The molecule has 0 saturated carbocycles. The van der Waals surface area contributed by atoms with Gasteiger partial charge in [0.05, 0.1) is 12.0 Å². The summed E-state index contributed by atoms with van der Waals surface area (Å²) in [5.41, 5.74) is 6.21. The first kappa shape index (κ1) is 21.1. The predicted molar refractivity (Wildman–Crippen MR) is 121 cm³/mol. The summed E-state index contributed by atoms with van der Waals surface area (Å²) >= 11 is 0. The summed E-state index contributed by atoms with van der Waals surface area (Å²) in [6.07, 6.45) is 0.990. The van der Waals surface area contributed by atoms with Crippen LogP contribution in [0.5, 0.6) is 0 Å². The normalized spacial score (nSPS) is 18.8. The van der Waals surface area contributed by atoms with E-state index in [0.29, 0.717) is 13.1 Å². The molecule has 0 aromatic heterocycles. The van der Waals surface area contributed by atoms with Crippen molar-refractivity contribution in [3.05, 3.63) is 58.7 Å². The first-order valence-corrected chi connectivity index (χ1v) is 10.8. The number of nitrogens with zero attached hydrogens (tertiary/aromatic N) is 2. The Morgan fingerprint density at radius 3 is 2.61 bits per heavy atom. The Labute approximate surface area is 183 Å². The molecule has 3 amide bonds. The first-order valence-electron chi connectivity index (χ1n) is 10.8. The number of benzene rings is 2. The molecule has 2 aromatic carbocycles. The van der Waals surface area contributed by atoms with Crippen LogP contribution >= 0.6 is 0 Å². The molecular formula is C25H29N3O3. The van der Waals surface area contributed by atoms with Crippen LogP contribution in [0.3, 0.4) is 0 Å². The van der Waals surface area contributed by atoms with Gasteiger partial charge in [-0.1, -0.05) is 23.8 Å². The van der Waals surface area contributed by atoms with Crippen LogP contribution in [0, 0.1) is 19.8 Å². The Balaban J connectivity index is 1.45. The van der Waals surface area contributed by atoms with Gasteiger partial charge in [-0.3, -0.25) is 14.4 Å². The zero-order valence-electron chi connectivity index (χ0n) is 18.6. The molecule has 2 aromatic rings. The second-order valence-corrected chi connectivity index (χ2v) is 8.73. The maximum atomic E-state index is 12.9. The van der Waals surface area contributed by atoms with Gasteiger partial charge in [-0.25, -0.2) is 0 Å². The van der Waals surface area contributed by atoms with E-state index >= 15 is 0 Å². The third kappa shape index (κ3) is 4.07. The maximum absolute atomic E-state index is 12.9. The SMILES string of the molecule is CC(=O)N1CCc2cc(N3C[C@H](C(=O)N[C@@H](C)c4ccc(C)cc4C)CC3=O)ccc21. The summed E-state index contributed by atoms with van der Waals surface area (Å²) < 4.78 is 0. The molecule has 31 heavy (non-hydrogen) atoms. The van der Waals surface area contributed by atoms with E-state index in [4.69, 9.17) is 0 Å². The van der Waals surface area contributed by atoms with Crippen molar-refractivity contribution in [1.82, 2.24) is 5.32 Å². The molecule has 2 heterocycles. The van der Waals surface area contributed by atoms with Crippen LogP contribution in [0.1, 0.15) is 48.6 Å². The summed E-state index contributed by atoms with van der Waals surface area (Å²) in [7, 11) is 0. The summed E-state index contributed by atoms with van der Waals surface area (Å²) in [6.45, 7) is 8.69. The summed E-state index contributed by atoms with van der Waals surface area (Å²) in [4.78, 5) is 40.8. The Morgan fingerprint density at radius 1 is 1.13 bits per heavy atom. The second kappa shape index (κ2) is 8.17. The van der Waals surface area contributed by atoms with E-state index in [1.54, 1.807) is 16.7 Å². The molecule has 0 aliphatic carbocycles. The van der Waals surface area contributed by atoms with Crippen LogP contribution in [0.15, 0.2) is 36.4 Å². The van der Waals surface area contributed by atoms with Crippen molar-refractivity contribution in [2.24, 2.45) is 5.92 Å². The minimum atomic E-state index is -0.373. The van der Waals surface area contributed by atoms with Gasteiger partial charge in [0.2, 0.25) is 17.7 Å². The van der Waals surface area contributed by atoms with E-state index in [1.165, 1.54) is 5.56 Å². The number of aryl methyl sites for hydroxylation is 2. The van der Waals surface area contributed by atoms with Crippen molar-refractivity contribution < 1.29 is 14.4 Å². The highest BCUT2D eigenvalue weighted by Crippen LogP contribution is 2.34. The van der Waals surface area contributed by atoms with Gasteiger partial charge in [0.1, 0.15) is 0 Å². The highest BCUT2D eigenvalue weighted by atomic mass is 16.2. The van der Waals surface area contributed by atoms with E-state index in [9.17, 15) is 14.4 Å². The molecule has 1 fully saturated rings. The molecule has 1 N–H and O–H groups in total. The van der Waals surface area contributed by atoms with E-state index < -0.39 is 0 Å². The number of carbonyl (C=O) groups excluding carboxylic acids is 3. The highest BCUT2D eigenvalue weighted by molar-refractivity contribution is 6.01. The fraction of sp³-hybridized carbons (Fsp3) is 0.400. The quantitative estimate of drug-likeness (QED) is 0.825. The van der Waals surface area contributed by atoms with Gasteiger partial charge in [-0.2, -0.15) is 0 Å². The fourth-order valence-corrected chi connectivity index (χ4v) is 4.74. The van der Waals surface area contributed by atoms with Crippen LogP contribution in [0.2, 0.25) is 0 Å². The minimum Gasteiger partial charge on any atom is -0.349 e. The minimum absolute atomic E-state index is 0.0263. The molecule has 1 saturated heterocycles. The first-order chi connectivity index (χ1) is 14.7. The van der Waals surface area contributed by atoms with Crippen molar-refractivity contribution in [1.29, 1.82) is 0 Å². The second-order valence-electron chi connectivity index (χ2n) is 8.73. The molecule has 0 radical (unpaired) electrons. The highest BCUT2D eigenvalue weighted by Gasteiger charge is 2.36. The third-order valence-electron chi connectivity index (χ3n) is 6.40. The third-order valence-corrected chi connectivity index (χ3v) is 6.40. The van der Waals surface area contributed by atoms with Gasteiger partial charge in [0, 0.05) is 37.8 Å². The topological polar surface area (TPSA) is 69.7 Å². The van der Waals surface area contributed by atoms with E-state index in [0.717, 1.165) is 34.5 Å². The molecular weight excluding hydrogens is 390 g/mol. The average molecular weight is 420 g/mol. The van der Waals surface area contributed by atoms with Crippen molar-refractivity contribution in [2.75, 3.05) is 22.9 Å². The lowest BCUT2D eigenvalue weighted by Crippen LogP contribution is -2.34. The number of hydrogen-bond donors (Lipinski definition) is 1. The fourth-order valence-electron chi connectivity index (χ4n) is 4.74. The monoisotopic (exact) mass is 419 g/mol. The Bertz CT molecular complexity index is 1060. The van der Waals surface area contributed by atoms with E-state index in [2.05, 4.69) is 24.4 Å². The lowest BCUT2D eigenvalue weighted by molar-refractivity contribution is -0.126. The number of fused-ring (bicyclic) bond motifs is 1. The number of hydrogen-bond acceptors (Lipinski definition) is 3. The molecule has 2 aliphatic rings. The number of carbonyl (C=O) groups is 3. The molecule has 162 valence electrons. The molecule has 4 rings (SSSR count). The predicted octanol–water partition coefficient (Wildman–Crippen LogP) is 3.44. The zero-order chi connectivity index (χ0) is 22.3. The molecule has 0 bridgehead atoms. The van der Waals surface area contributed by atoms with Gasteiger partial charge >= 0.3 is 0 Å². The van der Waals surface area contributed by atoms with Crippen LogP contribution in [-0.2, 0) is 20.8 Å². The van der Waals surface area contributed by atoms with Crippen LogP contribution < -0.4 is 15.1 Å². The standard InChI is InChI=1S/C25H29N3O3/c1-15-5-7-22(16(2)11-15)17(3)26-25(31)20-13-24(30)28(14-20)21-6-8-23-19(12-21)9-10-27(23)18(4)29/h5-8,11-12,17,20H,9-10,13-14H2,1-4H3,(H,26,31)/t17-,20+/m0/s1. The van der Waals surface area contributed by atoms with Gasteiger partial charge < -0.3 is 15.1 Å². The van der Waals surface area contributed by atoms with Crippen LogP contribution in [0.4, 0.5) is 11.4 Å². The van der Waals surface area contributed by atoms with Crippen molar-refractivity contribution in [3.8, 4) is 0 Å². The lowest BCUT2D eigenvalue weighted by atomic mass is 9.99. The Kier molecular flexibility index (Phi) is 5.56. The summed E-state index contributed by atoms with van der Waals surface area (Å²) in [5, 5.41) is 3.09. The van der Waals surface area contributed by atoms with Gasteiger partial charge in [0.15, 0.2) is 0 Å².